The van der Waals surface area contributed by atoms with Crippen molar-refractivity contribution < 1.29 is 0 Å². The lowest BCUT2D eigenvalue weighted by atomic mass is 10.1. The van der Waals surface area contributed by atoms with Gasteiger partial charge in [0.15, 0.2) is 0 Å². The van der Waals surface area contributed by atoms with Gasteiger partial charge in [-0.05, 0) is 37.1 Å². The second-order valence-corrected chi connectivity index (χ2v) is 4.54. The Morgan fingerprint density at radius 2 is 1.65 bits per heavy atom. The Morgan fingerprint density at radius 3 is 2.29 bits per heavy atom. The second kappa shape index (κ2) is 5.05. The first-order valence-corrected chi connectivity index (χ1v) is 6.03. The smallest absolute Gasteiger partial charge is 0.0511 e. The Bertz CT molecular complexity index is 476. The van der Waals surface area contributed by atoms with Crippen LogP contribution in [0.15, 0.2) is 54.6 Å². The third kappa shape index (κ3) is 2.68. The minimum atomic E-state index is 0.387. The van der Waals surface area contributed by atoms with Gasteiger partial charge in [0.2, 0.25) is 0 Å². The van der Waals surface area contributed by atoms with E-state index >= 15 is 0 Å². The van der Waals surface area contributed by atoms with Crippen molar-refractivity contribution in [3.05, 3.63) is 65.7 Å². The molecule has 0 saturated heterocycles. The maximum Gasteiger partial charge on any atom is 0.0511 e. The molecule has 0 saturated carbocycles. The van der Waals surface area contributed by atoms with Crippen LogP contribution in [0.25, 0.3) is 0 Å². The average Bonchev–Trinajstić information content (AvgIpc) is 2.38. The summed E-state index contributed by atoms with van der Waals surface area (Å²) in [4.78, 5) is 2.31. The summed E-state index contributed by atoms with van der Waals surface area (Å²) in [7, 11) is 2.15. The first-order chi connectivity index (χ1) is 8.18. The van der Waals surface area contributed by atoms with Crippen LogP contribution in [0.1, 0.15) is 24.1 Å². The van der Waals surface area contributed by atoms with Gasteiger partial charge in [-0.25, -0.2) is 0 Å². The largest absolute Gasteiger partial charge is 0.368 e. The van der Waals surface area contributed by atoms with Gasteiger partial charge in [0.25, 0.3) is 0 Å². The Balaban J connectivity index is 2.23. The standard InChI is InChI=1S/C16H19N/c1-13-8-7-11-16(12-13)17(3)14(2)15-9-5-4-6-10-15/h4-12,14H,1-3H3. The van der Waals surface area contributed by atoms with Crippen LogP contribution >= 0.6 is 0 Å². The second-order valence-electron chi connectivity index (χ2n) is 4.54. The minimum absolute atomic E-state index is 0.387. The molecule has 0 spiro atoms. The average molecular weight is 225 g/mol. The van der Waals surface area contributed by atoms with Crippen LogP contribution in [0.3, 0.4) is 0 Å². The molecule has 0 radical (unpaired) electrons. The quantitative estimate of drug-likeness (QED) is 0.757. The Labute approximate surface area is 104 Å². The van der Waals surface area contributed by atoms with Gasteiger partial charge < -0.3 is 4.90 Å². The highest BCUT2D eigenvalue weighted by molar-refractivity contribution is 5.49. The lowest BCUT2D eigenvalue weighted by molar-refractivity contribution is 0.739. The topological polar surface area (TPSA) is 3.24 Å². The van der Waals surface area contributed by atoms with E-state index in [2.05, 4.69) is 80.4 Å². The van der Waals surface area contributed by atoms with Crippen molar-refractivity contribution in [3.63, 3.8) is 0 Å². The predicted octanol–water partition coefficient (Wildman–Crippen LogP) is 4.19. The van der Waals surface area contributed by atoms with Crippen molar-refractivity contribution in [1.29, 1.82) is 0 Å². The zero-order valence-electron chi connectivity index (χ0n) is 10.7. The summed E-state index contributed by atoms with van der Waals surface area (Å²) in [5.41, 5.74) is 3.91. The molecule has 0 aromatic heterocycles. The maximum absolute atomic E-state index is 2.31. The van der Waals surface area contributed by atoms with Crippen molar-refractivity contribution in [3.8, 4) is 0 Å². The fourth-order valence-corrected chi connectivity index (χ4v) is 2.03. The summed E-state index contributed by atoms with van der Waals surface area (Å²) in [6.07, 6.45) is 0. The lowest BCUT2D eigenvalue weighted by Gasteiger charge is -2.27. The van der Waals surface area contributed by atoms with Gasteiger partial charge in [-0.3, -0.25) is 0 Å². The highest BCUT2D eigenvalue weighted by Crippen LogP contribution is 2.25. The molecule has 2 rings (SSSR count). The van der Waals surface area contributed by atoms with Crippen LogP contribution in [0.5, 0.6) is 0 Å². The molecule has 0 heterocycles. The van der Waals surface area contributed by atoms with Crippen LogP contribution in [0.2, 0.25) is 0 Å². The highest BCUT2D eigenvalue weighted by Gasteiger charge is 2.11. The molecular formula is C16H19N. The number of hydrogen-bond donors (Lipinski definition) is 0. The van der Waals surface area contributed by atoms with E-state index in [9.17, 15) is 0 Å². The van der Waals surface area contributed by atoms with E-state index in [1.54, 1.807) is 0 Å². The van der Waals surface area contributed by atoms with E-state index in [4.69, 9.17) is 0 Å². The van der Waals surface area contributed by atoms with Crippen LogP contribution in [-0.4, -0.2) is 7.05 Å². The number of aryl methyl sites for hydroxylation is 1. The predicted molar refractivity (Wildman–Crippen MR) is 74.4 cm³/mol. The van der Waals surface area contributed by atoms with Crippen LogP contribution in [0, 0.1) is 6.92 Å². The summed E-state index contributed by atoms with van der Waals surface area (Å²) in [6.45, 7) is 4.36. The first kappa shape index (κ1) is 11.7. The zero-order valence-corrected chi connectivity index (χ0v) is 10.7. The van der Waals surface area contributed by atoms with Gasteiger partial charge in [0, 0.05) is 12.7 Å². The van der Waals surface area contributed by atoms with Crippen LogP contribution in [-0.2, 0) is 0 Å². The monoisotopic (exact) mass is 225 g/mol. The lowest BCUT2D eigenvalue weighted by Crippen LogP contribution is -2.21. The third-order valence-electron chi connectivity index (χ3n) is 3.27. The summed E-state index contributed by atoms with van der Waals surface area (Å²) < 4.78 is 0. The summed E-state index contributed by atoms with van der Waals surface area (Å²) in [5.74, 6) is 0. The molecule has 2 aromatic rings. The third-order valence-corrected chi connectivity index (χ3v) is 3.27. The normalized spacial score (nSPS) is 12.2. The number of anilines is 1. The molecule has 17 heavy (non-hydrogen) atoms. The summed E-state index contributed by atoms with van der Waals surface area (Å²) in [5, 5.41) is 0. The minimum Gasteiger partial charge on any atom is -0.368 e. The molecule has 2 aromatic carbocycles. The highest BCUT2D eigenvalue weighted by atomic mass is 15.1. The fourth-order valence-electron chi connectivity index (χ4n) is 2.03. The van der Waals surface area contributed by atoms with E-state index in [1.807, 2.05) is 0 Å². The van der Waals surface area contributed by atoms with Crippen molar-refractivity contribution in [2.24, 2.45) is 0 Å². The van der Waals surface area contributed by atoms with E-state index < -0.39 is 0 Å². The molecule has 1 heteroatoms. The van der Waals surface area contributed by atoms with Crippen molar-refractivity contribution in [2.45, 2.75) is 19.9 Å². The SMILES string of the molecule is Cc1cccc(N(C)C(C)c2ccccc2)c1. The Morgan fingerprint density at radius 1 is 0.941 bits per heavy atom. The van der Waals surface area contributed by atoms with Gasteiger partial charge >= 0.3 is 0 Å². The summed E-state index contributed by atoms with van der Waals surface area (Å²) >= 11 is 0. The Kier molecular flexibility index (Phi) is 3.48. The molecule has 0 amide bonds. The van der Waals surface area contributed by atoms with Gasteiger partial charge in [-0.15, -0.1) is 0 Å². The maximum atomic E-state index is 2.31. The molecule has 0 fully saturated rings. The van der Waals surface area contributed by atoms with E-state index in [1.165, 1.54) is 16.8 Å². The molecule has 1 nitrogen and oxygen atoms in total. The van der Waals surface area contributed by atoms with E-state index in [0.717, 1.165) is 0 Å². The summed E-state index contributed by atoms with van der Waals surface area (Å²) in [6, 6.07) is 19.6. The molecule has 0 aliphatic rings. The molecule has 0 N–H and O–H groups in total. The fraction of sp³-hybridized carbons (Fsp3) is 0.250. The molecule has 1 unspecified atom stereocenters. The van der Waals surface area contributed by atoms with Crippen LogP contribution < -0.4 is 4.90 Å². The van der Waals surface area contributed by atoms with Crippen molar-refractivity contribution in [1.82, 2.24) is 0 Å². The molecular weight excluding hydrogens is 206 g/mol. The molecule has 0 aliphatic carbocycles. The van der Waals surface area contributed by atoms with E-state index in [-0.39, 0.29) is 0 Å². The van der Waals surface area contributed by atoms with Gasteiger partial charge in [0.1, 0.15) is 0 Å². The zero-order chi connectivity index (χ0) is 12.3. The van der Waals surface area contributed by atoms with Crippen LogP contribution in [0.4, 0.5) is 5.69 Å². The first-order valence-electron chi connectivity index (χ1n) is 6.03. The van der Waals surface area contributed by atoms with Gasteiger partial charge in [-0.1, -0.05) is 42.5 Å². The Hall–Kier alpha value is -1.76. The van der Waals surface area contributed by atoms with Gasteiger partial charge in [-0.2, -0.15) is 0 Å². The number of rotatable bonds is 3. The van der Waals surface area contributed by atoms with Crippen molar-refractivity contribution in [2.75, 3.05) is 11.9 Å². The van der Waals surface area contributed by atoms with E-state index in [0.29, 0.717) is 6.04 Å². The molecule has 88 valence electrons. The molecule has 1 atom stereocenters. The number of benzene rings is 2. The molecule has 0 bridgehead atoms. The number of nitrogens with zero attached hydrogens (tertiary/aromatic N) is 1. The van der Waals surface area contributed by atoms with Crippen molar-refractivity contribution >= 4 is 5.69 Å². The number of hydrogen-bond acceptors (Lipinski definition) is 1. The molecule has 0 aliphatic heterocycles. The van der Waals surface area contributed by atoms with Gasteiger partial charge in [0.05, 0.1) is 6.04 Å².